The highest BCUT2D eigenvalue weighted by molar-refractivity contribution is 7.80. The molecule has 1 aromatic rings. The molecule has 0 aliphatic heterocycles. The Hall–Kier alpha value is -1.46. The number of benzene rings is 1. The van der Waals surface area contributed by atoms with Crippen molar-refractivity contribution in [3.63, 3.8) is 0 Å². The number of carbonyl (C=O) groups excluding carboxylic acids is 1. The van der Waals surface area contributed by atoms with Crippen molar-refractivity contribution in [3.8, 4) is 0 Å². The number of nitrogens with zero attached hydrogens (tertiary/aromatic N) is 1. The molecule has 4 nitrogen and oxygen atoms in total. The van der Waals surface area contributed by atoms with Crippen molar-refractivity contribution in [3.05, 3.63) is 34.9 Å². The molecule has 0 saturated heterocycles. The zero-order chi connectivity index (χ0) is 15.3. The number of rotatable bonds is 7. The van der Waals surface area contributed by atoms with Crippen LogP contribution in [0.15, 0.2) is 18.2 Å². The summed E-state index contributed by atoms with van der Waals surface area (Å²) in [7, 11) is 0. The van der Waals surface area contributed by atoms with Gasteiger partial charge in [-0.05, 0) is 30.0 Å². The number of aryl methyl sites for hydroxylation is 1. The highest BCUT2D eigenvalue weighted by atomic mass is 32.1. The fourth-order valence-corrected chi connectivity index (χ4v) is 2.32. The normalized spacial score (nSPS) is 11.1. The Morgan fingerprint density at radius 3 is 2.45 bits per heavy atom. The molecule has 0 aliphatic carbocycles. The Morgan fingerprint density at radius 2 is 2.00 bits per heavy atom. The van der Waals surface area contributed by atoms with Gasteiger partial charge in [-0.1, -0.05) is 38.2 Å². The zero-order valence-electron chi connectivity index (χ0n) is 12.3. The molecule has 5 heteroatoms. The molecule has 1 rings (SSSR count). The van der Waals surface area contributed by atoms with Crippen LogP contribution in [0.25, 0.3) is 0 Å². The second kappa shape index (κ2) is 7.36. The Morgan fingerprint density at radius 1 is 1.35 bits per heavy atom. The fourth-order valence-electron chi connectivity index (χ4n) is 2.19. The Kier molecular flexibility index (Phi) is 6.10. The molecule has 0 heterocycles. The molecule has 0 unspecified atom stereocenters. The van der Waals surface area contributed by atoms with E-state index in [1.165, 1.54) is 0 Å². The molecule has 0 spiro atoms. The van der Waals surface area contributed by atoms with Crippen molar-refractivity contribution in [2.75, 3.05) is 13.1 Å². The Balaban J connectivity index is 2.87. The summed E-state index contributed by atoms with van der Waals surface area (Å²) in [5.74, 6) is 0.175. The van der Waals surface area contributed by atoms with E-state index < -0.39 is 0 Å². The molecule has 0 bridgehead atoms. The van der Waals surface area contributed by atoms with Gasteiger partial charge in [0.05, 0.1) is 6.54 Å². The summed E-state index contributed by atoms with van der Waals surface area (Å²) < 4.78 is 0. The topological polar surface area (TPSA) is 72.3 Å². The molecule has 4 N–H and O–H groups in total. The third-order valence-electron chi connectivity index (χ3n) is 3.02. The third-order valence-corrected chi connectivity index (χ3v) is 3.26. The lowest BCUT2D eigenvalue weighted by Crippen LogP contribution is -2.36. The minimum Gasteiger partial charge on any atom is -0.389 e. The van der Waals surface area contributed by atoms with Crippen LogP contribution in [-0.2, 0) is 11.3 Å². The quantitative estimate of drug-likeness (QED) is 0.749. The van der Waals surface area contributed by atoms with Crippen molar-refractivity contribution in [2.24, 2.45) is 17.4 Å². The van der Waals surface area contributed by atoms with Crippen molar-refractivity contribution < 1.29 is 4.79 Å². The first-order valence-electron chi connectivity index (χ1n) is 6.69. The van der Waals surface area contributed by atoms with Gasteiger partial charge in [0.25, 0.3) is 0 Å². The summed E-state index contributed by atoms with van der Waals surface area (Å²) >= 11 is 4.97. The maximum absolute atomic E-state index is 11.2. The van der Waals surface area contributed by atoms with E-state index in [0.717, 1.165) is 23.2 Å². The van der Waals surface area contributed by atoms with E-state index in [-0.39, 0.29) is 12.5 Å². The molecule has 20 heavy (non-hydrogen) atoms. The van der Waals surface area contributed by atoms with Crippen molar-refractivity contribution >= 4 is 23.1 Å². The van der Waals surface area contributed by atoms with Crippen LogP contribution in [0.4, 0.5) is 0 Å². The van der Waals surface area contributed by atoms with Crippen LogP contribution >= 0.6 is 12.2 Å². The molecule has 0 atom stereocenters. The summed E-state index contributed by atoms with van der Waals surface area (Å²) in [5, 5.41) is 0. The maximum atomic E-state index is 11.2. The van der Waals surface area contributed by atoms with Gasteiger partial charge in [0.2, 0.25) is 5.91 Å². The van der Waals surface area contributed by atoms with E-state index in [1.54, 1.807) is 0 Å². The molecule has 1 amide bonds. The SMILES string of the molecule is Cc1cc(C(N)=S)ccc1CN(CC(N)=O)CC(C)C. The number of nitrogens with two attached hydrogens (primary N) is 2. The van der Waals surface area contributed by atoms with Crippen LogP contribution in [0.2, 0.25) is 0 Å². The molecule has 0 saturated carbocycles. The van der Waals surface area contributed by atoms with E-state index in [2.05, 4.69) is 18.7 Å². The lowest BCUT2D eigenvalue weighted by molar-refractivity contribution is -0.119. The van der Waals surface area contributed by atoms with Gasteiger partial charge in [0, 0.05) is 18.7 Å². The Bertz CT molecular complexity index is 500. The predicted molar refractivity (Wildman–Crippen MR) is 86.4 cm³/mol. The number of hydrogen-bond acceptors (Lipinski definition) is 3. The van der Waals surface area contributed by atoms with Crippen molar-refractivity contribution in [1.29, 1.82) is 0 Å². The van der Waals surface area contributed by atoms with E-state index in [0.29, 0.717) is 17.5 Å². The lowest BCUT2D eigenvalue weighted by Gasteiger charge is -2.23. The molecule has 110 valence electrons. The zero-order valence-corrected chi connectivity index (χ0v) is 13.2. The van der Waals surface area contributed by atoms with Gasteiger partial charge >= 0.3 is 0 Å². The molecule has 0 aromatic heterocycles. The predicted octanol–water partition coefficient (Wildman–Crippen LogP) is 1.57. The van der Waals surface area contributed by atoms with Crippen LogP contribution < -0.4 is 11.5 Å². The molecule has 0 aliphatic rings. The molecular formula is C15H23N3OS. The van der Waals surface area contributed by atoms with Crippen LogP contribution in [0.3, 0.4) is 0 Å². The van der Waals surface area contributed by atoms with Gasteiger partial charge in [-0.3, -0.25) is 9.69 Å². The minimum absolute atomic E-state index is 0.272. The second-order valence-electron chi connectivity index (χ2n) is 5.54. The number of amides is 1. The van der Waals surface area contributed by atoms with Crippen LogP contribution in [0.5, 0.6) is 0 Å². The Labute approximate surface area is 126 Å². The maximum Gasteiger partial charge on any atom is 0.231 e. The van der Waals surface area contributed by atoms with Crippen molar-refractivity contribution in [2.45, 2.75) is 27.3 Å². The van der Waals surface area contributed by atoms with Gasteiger partial charge < -0.3 is 11.5 Å². The number of hydrogen-bond donors (Lipinski definition) is 2. The summed E-state index contributed by atoms with van der Waals surface area (Å²) in [6.07, 6.45) is 0. The number of thiocarbonyl (C=S) groups is 1. The number of primary amides is 1. The first-order chi connectivity index (χ1) is 9.29. The summed E-state index contributed by atoms with van der Waals surface area (Å²) in [6.45, 7) is 8.07. The molecule has 0 radical (unpaired) electrons. The standard InChI is InChI=1S/C15H23N3OS/c1-10(2)7-18(9-14(16)19)8-13-5-4-12(15(17)20)6-11(13)3/h4-6,10H,7-9H2,1-3H3,(H2,16,19)(H2,17,20). The monoisotopic (exact) mass is 293 g/mol. The summed E-state index contributed by atoms with van der Waals surface area (Å²) in [6, 6.07) is 5.91. The smallest absolute Gasteiger partial charge is 0.231 e. The first kappa shape index (κ1) is 16.6. The summed E-state index contributed by atoms with van der Waals surface area (Å²) in [5.41, 5.74) is 14.1. The molecule has 0 fully saturated rings. The van der Waals surface area contributed by atoms with Crippen LogP contribution in [0.1, 0.15) is 30.5 Å². The lowest BCUT2D eigenvalue weighted by atomic mass is 10.0. The van der Waals surface area contributed by atoms with E-state index in [4.69, 9.17) is 23.7 Å². The summed E-state index contributed by atoms with van der Waals surface area (Å²) in [4.78, 5) is 13.6. The first-order valence-corrected chi connectivity index (χ1v) is 7.10. The van der Waals surface area contributed by atoms with Crippen molar-refractivity contribution in [1.82, 2.24) is 4.90 Å². The van der Waals surface area contributed by atoms with Gasteiger partial charge in [0.15, 0.2) is 0 Å². The van der Waals surface area contributed by atoms with Gasteiger partial charge in [-0.15, -0.1) is 0 Å². The van der Waals surface area contributed by atoms with Crippen LogP contribution in [0, 0.1) is 12.8 Å². The number of carbonyl (C=O) groups is 1. The fraction of sp³-hybridized carbons (Fsp3) is 0.467. The van der Waals surface area contributed by atoms with Crippen LogP contribution in [-0.4, -0.2) is 28.9 Å². The molecular weight excluding hydrogens is 270 g/mol. The average molecular weight is 293 g/mol. The van der Waals surface area contributed by atoms with E-state index in [9.17, 15) is 4.79 Å². The van der Waals surface area contributed by atoms with Gasteiger partial charge in [-0.2, -0.15) is 0 Å². The highest BCUT2D eigenvalue weighted by Crippen LogP contribution is 2.14. The van der Waals surface area contributed by atoms with Gasteiger partial charge in [0.1, 0.15) is 4.99 Å². The minimum atomic E-state index is -0.303. The highest BCUT2D eigenvalue weighted by Gasteiger charge is 2.12. The van der Waals surface area contributed by atoms with E-state index in [1.807, 2.05) is 25.1 Å². The second-order valence-corrected chi connectivity index (χ2v) is 5.98. The third kappa shape index (κ3) is 5.27. The largest absolute Gasteiger partial charge is 0.389 e. The molecule has 1 aromatic carbocycles. The average Bonchev–Trinajstić information content (AvgIpc) is 2.29. The van der Waals surface area contributed by atoms with E-state index >= 15 is 0 Å². The van der Waals surface area contributed by atoms with Gasteiger partial charge in [-0.25, -0.2) is 0 Å².